The lowest BCUT2D eigenvalue weighted by Crippen LogP contribution is -2.15. The number of nitrogens with two attached hydrogens (primary N) is 1. The van der Waals surface area contributed by atoms with Crippen molar-refractivity contribution in [3.05, 3.63) is 0 Å². The average molecular weight is 197 g/mol. The maximum Gasteiger partial charge on any atom is 0.00415 e. The number of unbranched alkanes of at least 4 members (excludes halogenated alkanes) is 1. The van der Waals surface area contributed by atoms with Crippen molar-refractivity contribution < 1.29 is 0 Å². The van der Waals surface area contributed by atoms with Crippen molar-refractivity contribution in [2.24, 2.45) is 17.6 Å². The first-order chi connectivity index (χ1) is 6.76. The predicted molar refractivity (Wildman–Crippen MR) is 63.2 cm³/mol. The van der Waals surface area contributed by atoms with Crippen LogP contribution in [0, 0.1) is 11.8 Å². The van der Waals surface area contributed by atoms with Gasteiger partial charge in [0.05, 0.1) is 0 Å². The SMILES string of the molecule is CCCCC(CC)CC1CCC(N)C1. The van der Waals surface area contributed by atoms with Gasteiger partial charge in [-0.25, -0.2) is 0 Å². The highest BCUT2D eigenvalue weighted by Crippen LogP contribution is 2.32. The summed E-state index contributed by atoms with van der Waals surface area (Å²) in [5.74, 6) is 1.93. The zero-order chi connectivity index (χ0) is 10.4. The number of rotatable bonds is 6. The molecule has 14 heavy (non-hydrogen) atoms. The van der Waals surface area contributed by atoms with Crippen LogP contribution < -0.4 is 5.73 Å². The van der Waals surface area contributed by atoms with Crippen LogP contribution >= 0.6 is 0 Å². The van der Waals surface area contributed by atoms with E-state index in [-0.39, 0.29) is 0 Å². The molecule has 1 aliphatic rings. The van der Waals surface area contributed by atoms with E-state index in [1.54, 1.807) is 0 Å². The Hall–Kier alpha value is -0.0400. The Morgan fingerprint density at radius 1 is 1.29 bits per heavy atom. The fourth-order valence-corrected chi connectivity index (χ4v) is 2.78. The van der Waals surface area contributed by atoms with Crippen LogP contribution in [0.2, 0.25) is 0 Å². The van der Waals surface area contributed by atoms with Crippen molar-refractivity contribution >= 4 is 0 Å². The molecule has 84 valence electrons. The van der Waals surface area contributed by atoms with E-state index in [2.05, 4.69) is 13.8 Å². The molecule has 0 aromatic rings. The Morgan fingerprint density at radius 2 is 2.07 bits per heavy atom. The molecule has 3 atom stereocenters. The van der Waals surface area contributed by atoms with E-state index in [9.17, 15) is 0 Å². The van der Waals surface area contributed by atoms with Crippen molar-refractivity contribution in [1.29, 1.82) is 0 Å². The van der Waals surface area contributed by atoms with Gasteiger partial charge in [0.15, 0.2) is 0 Å². The fraction of sp³-hybridized carbons (Fsp3) is 1.00. The molecule has 0 aromatic carbocycles. The van der Waals surface area contributed by atoms with E-state index < -0.39 is 0 Å². The highest BCUT2D eigenvalue weighted by atomic mass is 14.6. The maximum atomic E-state index is 5.94. The Labute approximate surface area is 89.5 Å². The van der Waals surface area contributed by atoms with Gasteiger partial charge in [0.1, 0.15) is 0 Å². The van der Waals surface area contributed by atoms with Gasteiger partial charge in [-0.05, 0) is 37.5 Å². The number of hydrogen-bond donors (Lipinski definition) is 1. The molecule has 1 rings (SSSR count). The molecule has 1 fully saturated rings. The van der Waals surface area contributed by atoms with Gasteiger partial charge >= 0.3 is 0 Å². The summed E-state index contributed by atoms with van der Waals surface area (Å²) in [5.41, 5.74) is 5.94. The topological polar surface area (TPSA) is 26.0 Å². The van der Waals surface area contributed by atoms with Crippen molar-refractivity contribution in [3.8, 4) is 0 Å². The molecule has 0 radical (unpaired) electrons. The van der Waals surface area contributed by atoms with Crippen molar-refractivity contribution in [2.75, 3.05) is 0 Å². The normalized spacial score (nSPS) is 29.4. The lowest BCUT2D eigenvalue weighted by Gasteiger charge is -2.18. The van der Waals surface area contributed by atoms with Crippen LogP contribution in [0.15, 0.2) is 0 Å². The first-order valence-corrected chi connectivity index (χ1v) is 6.51. The van der Waals surface area contributed by atoms with Crippen LogP contribution in [0.4, 0.5) is 0 Å². The Bertz CT molecular complexity index is 144. The molecule has 1 saturated carbocycles. The Kier molecular flexibility index (Phi) is 5.54. The summed E-state index contributed by atoms with van der Waals surface area (Å²) < 4.78 is 0. The highest BCUT2D eigenvalue weighted by Gasteiger charge is 2.23. The van der Waals surface area contributed by atoms with E-state index in [0.717, 1.165) is 11.8 Å². The van der Waals surface area contributed by atoms with Gasteiger partial charge in [0, 0.05) is 6.04 Å². The van der Waals surface area contributed by atoms with Crippen LogP contribution in [0.1, 0.15) is 65.2 Å². The summed E-state index contributed by atoms with van der Waals surface area (Å²) in [4.78, 5) is 0. The lowest BCUT2D eigenvalue weighted by atomic mass is 9.88. The first kappa shape index (κ1) is 12.0. The molecule has 0 aromatic heterocycles. The van der Waals surface area contributed by atoms with E-state index in [1.807, 2.05) is 0 Å². The lowest BCUT2D eigenvalue weighted by molar-refractivity contribution is 0.339. The van der Waals surface area contributed by atoms with E-state index in [0.29, 0.717) is 6.04 Å². The monoisotopic (exact) mass is 197 g/mol. The Balaban J connectivity index is 2.19. The smallest absolute Gasteiger partial charge is 0.00415 e. The summed E-state index contributed by atoms with van der Waals surface area (Å²) in [6, 6.07) is 0.517. The predicted octanol–water partition coefficient (Wildman–Crippen LogP) is 3.72. The molecule has 0 saturated heterocycles. The second-order valence-corrected chi connectivity index (χ2v) is 5.09. The summed E-state index contributed by atoms with van der Waals surface area (Å²) in [6.07, 6.45) is 11.0. The van der Waals surface area contributed by atoms with Gasteiger partial charge in [0.2, 0.25) is 0 Å². The van der Waals surface area contributed by atoms with Crippen molar-refractivity contribution in [3.63, 3.8) is 0 Å². The molecule has 0 aliphatic heterocycles. The molecule has 2 N–H and O–H groups in total. The molecule has 0 spiro atoms. The van der Waals surface area contributed by atoms with Gasteiger partial charge in [-0.2, -0.15) is 0 Å². The molecule has 1 nitrogen and oxygen atoms in total. The second-order valence-electron chi connectivity index (χ2n) is 5.09. The molecule has 1 heteroatoms. The van der Waals surface area contributed by atoms with Gasteiger partial charge in [-0.1, -0.05) is 39.5 Å². The quantitative estimate of drug-likeness (QED) is 0.690. The molecule has 0 amide bonds. The minimum atomic E-state index is 0.517. The van der Waals surface area contributed by atoms with Crippen LogP contribution in [0.25, 0.3) is 0 Å². The zero-order valence-electron chi connectivity index (χ0n) is 9.97. The van der Waals surface area contributed by atoms with Crippen LogP contribution in [-0.2, 0) is 0 Å². The standard InChI is InChI=1S/C13H27N/c1-3-5-6-11(4-2)9-12-7-8-13(14)10-12/h11-13H,3-10,14H2,1-2H3. The fourth-order valence-electron chi connectivity index (χ4n) is 2.78. The van der Waals surface area contributed by atoms with Gasteiger partial charge < -0.3 is 5.73 Å². The molecule has 1 aliphatic carbocycles. The number of hydrogen-bond acceptors (Lipinski definition) is 1. The van der Waals surface area contributed by atoms with Gasteiger partial charge in [-0.15, -0.1) is 0 Å². The molecular weight excluding hydrogens is 170 g/mol. The molecular formula is C13H27N. The maximum absolute atomic E-state index is 5.94. The van der Waals surface area contributed by atoms with Crippen LogP contribution in [-0.4, -0.2) is 6.04 Å². The minimum absolute atomic E-state index is 0.517. The van der Waals surface area contributed by atoms with Gasteiger partial charge in [0.25, 0.3) is 0 Å². The van der Waals surface area contributed by atoms with E-state index in [1.165, 1.54) is 51.4 Å². The molecule has 3 unspecified atom stereocenters. The highest BCUT2D eigenvalue weighted by molar-refractivity contribution is 4.79. The van der Waals surface area contributed by atoms with E-state index >= 15 is 0 Å². The third kappa shape index (κ3) is 4.00. The molecule has 0 bridgehead atoms. The summed E-state index contributed by atoms with van der Waals surface area (Å²) in [6.45, 7) is 4.63. The molecule has 0 heterocycles. The van der Waals surface area contributed by atoms with Gasteiger partial charge in [-0.3, -0.25) is 0 Å². The Morgan fingerprint density at radius 3 is 2.57 bits per heavy atom. The van der Waals surface area contributed by atoms with Crippen molar-refractivity contribution in [2.45, 2.75) is 71.3 Å². The summed E-state index contributed by atoms with van der Waals surface area (Å²) >= 11 is 0. The summed E-state index contributed by atoms with van der Waals surface area (Å²) in [7, 11) is 0. The third-order valence-corrected chi connectivity index (χ3v) is 3.79. The van der Waals surface area contributed by atoms with Crippen molar-refractivity contribution in [1.82, 2.24) is 0 Å². The van der Waals surface area contributed by atoms with Crippen LogP contribution in [0.5, 0.6) is 0 Å². The summed E-state index contributed by atoms with van der Waals surface area (Å²) in [5, 5.41) is 0. The second kappa shape index (κ2) is 6.44. The third-order valence-electron chi connectivity index (χ3n) is 3.79. The van der Waals surface area contributed by atoms with E-state index in [4.69, 9.17) is 5.73 Å². The largest absolute Gasteiger partial charge is 0.328 e. The zero-order valence-corrected chi connectivity index (χ0v) is 9.97. The average Bonchev–Trinajstić information content (AvgIpc) is 2.58. The minimum Gasteiger partial charge on any atom is -0.328 e. The van der Waals surface area contributed by atoms with Crippen LogP contribution in [0.3, 0.4) is 0 Å². The first-order valence-electron chi connectivity index (χ1n) is 6.51.